The van der Waals surface area contributed by atoms with Gasteiger partial charge in [0.15, 0.2) is 11.0 Å². The fraction of sp³-hybridized carbons (Fsp3) is 0.448. The van der Waals surface area contributed by atoms with Crippen LogP contribution in [0, 0.1) is 0 Å². The molecule has 0 unspecified atom stereocenters. The van der Waals surface area contributed by atoms with Gasteiger partial charge in [-0.05, 0) is 62.9 Å². The normalized spacial score (nSPS) is 12.7. The molecule has 1 atom stereocenters. The zero-order chi connectivity index (χ0) is 28.3. The number of nitrogens with zero attached hydrogens (tertiary/aromatic N) is 4. The summed E-state index contributed by atoms with van der Waals surface area (Å²) >= 11 is 1.31. The molecule has 2 amide bonds. The number of methoxy groups -OCH3 is 1. The van der Waals surface area contributed by atoms with Gasteiger partial charge in [0, 0.05) is 23.8 Å². The van der Waals surface area contributed by atoms with Gasteiger partial charge in [0.2, 0.25) is 11.8 Å². The van der Waals surface area contributed by atoms with Gasteiger partial charge < -0.3 is 19.5 Å². The third-order valence-electron chi connectivity index (χ3n) is 5.94. The Hall–Kier alpha value is -3.33. The molecular weight excluding hydrogens is 498 g/mol. The molecule has 0 aliphatic carbocycles. The molecule has 0 fully saturated rings. The van der Waals surface area contributed by atoms with Crippen LogP contribution >= 0.6 is 11.8 Å². The van der Waals surface area contributed by atoms with Crippen LogP contribution in [-0.4, -0.2) is 51.0 Å². The maximum Gasteiger partial charge on any atom is 0.240 e. The first-order valence-corrected chi connectivity index (χ1v) is 13.5. The molecule has 2 aromatic carbocycles. The summed E-state index contributed by atoms with van der Waals surface area (Å²) in [5, 5.41) is 11.8. The number of hydrogen-bond donors (Lipinski definition) is 1. The maximum absolute atomic E-state index is 13.7. The van der Waals surface area contributed by atoms with Crippen LogP contribution in [-0.2, 0) is 22.1 Å². The first-order valence-electron chi connectivity index (χ1n) is 12.6. The Morgan fingerprint density at radius 3 is 2.13 bits per heavy atom. The quantitative estimate of drug-likeness (QED) is 0.397. The highest BCUT2D eigenvalue weighted by atomic mass is 32.2. The first kappa shape index (κ1) is 29.2. The molecule has 8 nitrogen and oxygen atoms in total. The van der Waals surface area contributed by atoms with E-state index < -0.39 is 10.8 Å². The Kier molecular flexibility index (Phi) is 8.92. The highest BCUT2D eigenvalue weighted by molar-refractivity contribution is 8.00. The molecule has 1 aromatic heterocycles. The smallest absolute Gasteiger partial charge is 0.240 e. The lowest BCUT2D eigenvalue weighted by atomic mass is 9.87. The molecule has 1 heterocycles. The summed E-state index contributed by atoms with van der Waals surface area (Å²) < 4.78 is 7.15. The Balaban J connectivity index is 1.82. The lowest BCUT2D eigenvalue weighted by Crippen LogP contribution is -2.48. The van der Waals surface area contributed by atoms with Gasteiger partial charge in [-0.15, -0.1) is 10.2 Å². The fourth-order valence-electron chi connectivity index (χ4n) is 3.88. The molecule has 0 aliphatic rings. The lowest BCUT2D eigenvalue weighted by Gasteiger charge is -2.27. The van der Waals surface area contributed by atoms with Crippen molar-refractivity contribution >= 4 is 29.3 Å². The van der Waals surface area contributed by atoms with Crippen LogP contribution in [0.5, 0.6) is 5.75 Å². The fourth-order valence-corrected chi connectivity index (χ4v) is 4.75. The molecule has 0 aliphatic heterocycles. The number of carbonyl (C=O) groups is 2. The Bertz CT molecular complexity index is 1260. The first-order chi connectivity index (χ1) is 17.7. The largest absolute Gasteiger partial charge is 0.497 e. The number of thioether (sulfide) groups is 1. The average molecular weight is 538 g/mol. The molecule has 0 saturated carbocycles. The molecule has 0 spiro atoms. The number of benzene rings is 2. The van der Waals surface area contributed by atoms with Gasteiger partial charge in [0.25, 0.3) is 0 Å². The molecule has 0 saturated heterocycles. The number of aromatic nitrogens is 3. The second-order valence-electron chi connectivity index (χ2n) is 11.4. The summed E-state index contributed by atoms with van der Waals surface area (Å²) in [6.45, 7) is 14.0. The van der Waals surface area contributed by atoms with E-state index in [2.05, 4.69) is 48.4 Å². The minimum Gasteiger partial charge on any atom is -0.497 e. The summed E-state index contributed by atoms with van der Waals surface area (Å²) in [6, 6.07) is 15.4. The summed E-state index contributed by atoms with van der Waals surface area (Å²) in [5.41, 5.74) is 2.47. The molecular formula is C29H39N5O3S. The average Bonchev–Trinajstić information content (AvgIpc) is 3.20. The molecule has 1 N–H and O–H groups in total. The summed E-state index contributed by atoms with van der Waals surface area (Å²) in [4.78, 5) is 27.9. The van der Waals surface area contributed by atoms with Gasteiger partial charge in [-0.1, -0.05) is 56.8 Å². The highest BCUT2D eigenvalue weighted by Gasteiger charge is 2.28. The van der Waals surface area contributed by atoms with Crippen LogP contribution in [0.1, 0.15) is 54.0 Å². The van der Waals surface area contributed by atoms with Crippen LogP contribution in [0.2, 0.25) is 0 Å². The SMILES string of the molecule is COc1ccc(N(CC(=O)NC(C)(C)C)C(=O)[C@@H](C)Sc2nnc(-c3ccc(C(C)(C)C)cc3)n2C)cc1. The van der Waals surface area contributed by atoms with Crippen LogP contribution in [0.25, 0.3) is 11.4 Å². The zero-order valence-corrected chi connectivity index (χ0v) is 24.6. The Labute approximate surface area is 230 Å². The Morgan fingerprint density at radius 2 is 1.61 bits per heavy atom. The molecule has 9 heteroatoms. The van der Waals surface area contributed by atoms with Crippen LogP contribution in [0.4, 0.5) is 5.69 Å². The van der Waals surface area contributed by atoms with E-state index >= 15 is 0 Å². The molecule has 3 aromatic rings. The van der Waals surface area contributed by atoms with E-state index in [0.29, 0.717) is 16.6 Å². The summed E-state index contributed by atoms with van der Waals surface area (Å²) in [5.74, 6) is 0.954. The second-order valence-corrected chi connectivity index (χ2v) is 12.7. The van der Waals surface area contributed by atoms with Gasteiger partial charge >= 0.3 is 0 Å². The highest BCUT2D eigenvalue weighted by Crippen LogP contribution is 2.30. The molecule has 38 heavy (non-hydrogen) atoms. The summed E-state index contributed by atoms with van der Waals surface area (Å²) in [7, 11) is 3.48. The number of ether oxygens (including phenoxy) is 1. The van der Waals surface area contributed by atoms with E-state index in [1.54, 1.807) is 31.4 Å². The number of nitrogens with one attached hydrogen (secondary N) is 1. The Morgan fingerprint density at radius 1 is 1.00 bits per heavy atom. The van der Waals surface area contributed by atoms with E-state index in [-0.39, 0.29) is 23.8 Å². The van der Waals surface area contributed by atoms with Crippen LogP contribution in [0.15, 0.2) is 53.7 Å². The number of carbonyl (C=O) groups excluding carboxylic acids is 2. The number of anilines is 1. The molecule has 204 valence electrons. The van der Waals surface area contributed by atoms with Crippen LogP contribution in [0.3, 0.4) is 0 Å². The number of hydrogen-bond acceptors (Lipinski definition) is 6. The van der Waals surface area contributed by atoms with Crippen molar-refractivity contribution in [3.05, 3.63) is 54.1 Å². The van der Waals surface area contributed by atoms with E-state index in [9.17, 15) is 9.59 Å². The third-order valence-corrected chi connectivity index (χ3v) is 7.06. The van der Waals surface area contributed by atoms with Crippen molar-refractivity contribution in [3.8, 4) is 17.1 Å². The van der Waals surface area contributed by atoms with Gasteiger partial charge in [-0.3, -0.25) is 9.59 Å². The lowest BCUT2D eigenvalue weighted by molar-refractivity contribution is -0.124. The van der Waals surface area contributed by atoms with Crippen molar-refractivity contribution in [1.29, 1.82) is 0 Å². The topological polar surface area (TPSA) is 89.3 Å². The predicted octanol–water partition coefficient (Wildman–Crippen LogP) is 5.22. The van der Waals surface area contributed by atoms with Gasteiger partial charge in [-0.25, -0.2) is 0 Å². The third kappa shape index (κ3) is 7.37. The minimum absolute atomic E-state index is 0.0643. The van der Waals surface area contributed by atoms with Crippen molar-refractivity contribution in [2.45, 2.75) is 69.8 Å². The van der Waals surface area contributed by atoms with Crippen molar-refractivity contribution < 1.29 is 14.3 Å². The van der Waals surface area contributed by atoms with E-state index in [1.165, 1.54) is 22.2 Å². The van der Waals surface area contributed by atoms with E-state index in [4.69, 9.17) is 4.74 Å². The second kappa shape index (κ2) is 11.6. The number of rotatable bonds is 8. The van der Waals surface area contributed by atoms with Crippen LogP contribution < -0.4 is 15.0 Å². The standard InChI is InChI=1S/C29H39N5O3S/c1-19(38-27-32-31-25(33(27)8)20-10-12-21(13-11-20)28(2,3)4)26(36)34(18-24(35)30-29(5,6)7)22-14-16-23(37-9)17-15-22/h10-17,19H,18H2,1-9H3,(H,30,35)/t19-/m1/s1. The van der Waals surface area contributed by atoms with Crippen molar-refractivity contribution in [1.82, 2.24) is 20.1 Å². The monoisotopic (exact) mass is 537 g/mol. The minimum atomic E-state index is -0.515. The number of amides is 2. The zero-order valence-electron chi connectivity index (χ0n) is 23.8. The molecule has 3 rings (SSSR count). The van der Waals surface area contributed by atoms with Crippen molar-refractivity contribution in [2.75, 3.05) is 18.6 Å². The maximum atomic E-state index is 13.7. The van der Waals surface area contributed by atoms with Gasteiger partial charge in [0.05, 0.1) is 12.4 Å². The summed E-state index contributed by atoms with van der Waals surface area (Å²) in [6.07, 6.45) is 0. The van der Waals surface area contributed by atoms with E-state index in [0.717, 1.165) is 11.4 Å². The van der Waals surface area contributed by atoms with Crippen molar-refractivity contribution in [2.24, 2.45) is 7.05 Å². The van der Waals surface area contributed by atoms with Gasteiger partial charge in [-0.2, -0.15) is 0 Å². The van der Waals surface area contributed by atoms with E-state index in [1.807, 2.05) is 51.4 Å². The molecule has 0 bridgehead atoms. The van der Waals surface area contributed by atoms with Gasteiger partial charge in [0.1, 0.15) is 12.3 Å². The van der Waals surface area contributed by atoms with Crippen molar-refractivity contribution in [3.63, 3.8) is 0 Å². The molecule has 0 radical (unpaired) electrons. The predicted molar refractivity (Wildman–Crippen MR) is 154 cm³/mol.